The van der Waals surface area contributed by atoms with Crippen LogP contribution in [0.3, 0.4) is 0 Å². The average Bonchev–Trinajstić information content (AvgIpc) is 3.99. The van der Waals surface area contributed by atoms with Gasteiger partial charge in [0.15, 0.2) is 5.82 Å². The predicted molar refractivity (Wildman–Crippen MR) is 232 cm³/mol. The molecule has 0 atom stereocenters. The van der Waals surface area contributed by atoms with Crippen LogP contribution in [-0.2, 0) is 0 Å². The maximum absolute atomic E-state index is 5.26. The largest absolute Gasteiger partial charge is 0.309 e. The van der Waals surface area contributed by atoms with Crippen molar-refractivity contribution in [2.45, 2.75) is 0 Å². The molecule has 0 amide bonds. The predicted octanol–water partition coefficient (Wildman–Crippen LogP) is 13.6. The molecule has 0 unspecified atom stereocenters. The van der Waals surface area contributed by atoms with Gasteiger partial charge < -0.3 is 8.97 Å². The van der Waals surface area contributed by atoms with E-state index >= 15 is 0 Å². The highest BCUT2D eigenvalue weighted by Crippen LogP contribution is 2.48. The fourth-order valence-corrected chi connectivity index (χ4v) is 10.5. The Morgan fingerprint density at radius 1 is 0.436 bits per heavy atom. The van der Waals surface area contributed by atoms with Gasteiger partial charge in [-0.2, -0.15) is 0 Å². The molecule has 5 heteroatoms. The zero-order chi connectivity index (χ0) is 35.8. The molecule has 0 fully saturated rings. The third-order valence-corrected chi connectivity index (χ3v) is 12.8. The molecule has 55 heavy (non-hydrogen) atoms. The Kier molecular flexibility index (Phi) is 5.74. The van der Waals surface area contributed by atoms with E-state index in [-0.39, 0.29) is 0 Å². The Bertz CT molecular complexity index is 3700. The van der Waals surface area contributed by atoms with Crippen LogP contribution in [0.2, 0.25) is 0 Å². The van der Waals surface area contributed by atoms with E-state index in [0.717, 1.165) is 38.5 Å². The minimum Gasteiger partial charge on any atom is -0.309 e. The van der Waals surface area contributed by atoms with Gasteiger partial charge in [-0.25, -0.2) is 9.97 Å². The van der Waals surface area contributed by atoms with Gasteiger partial charge in [0, 0.05) is 59.2 Å². The van der Waals surface area contributed by atoms with Crippen LogP contribution in [-0.4, -0.2) is 18.9 Å². The van der Waals surface area contributed by atoms with Crippen molar-refractivity contribution in [2.75, 3.05) is 0 Å². The Hall–Kier alpha value is -7.08. The molecule has 13 rings (SSSR count). The van der Waals surface area contributed by atoms with Crippen LogP contribution < -0.4 is 0 Å². The van der Waals surface area contributed by atoms with E-state index in [4.69, 9.17) is 9.97 Å². The first-order chi connectivity index (χ1) is 27.3. The van der Waals surface area contributed by atoms with Crippen LogP contribution in [0, 0.1) is 0 Å². The van der Waals surface area contributed by atoms with Gasteiger partial charge in [-0.1, -0.05) is 115 Å². The van der Waals surface area contributed by atoms with E-state index in [0.29, 0.717) is 0 Å². The Labute approximate surface area is 318 Å². The first kappa shape index (κ1) is 29.4. The fourth-order valence-electron chi connectivity index (χ4n) is 9.31. The number of benzene rings is 8. The van der Waals surface area contributed by atoms with Crippen molar-refractivity contribution in [1.82, 2.24) is 18.9 Å². The molecule has 0 aliphatic heterocycles. The molecular formula is C50H28N4S. The summed E-state index contributed by atoms with van der Waals surface area (Å²) < 4.78 is 7.32. The van der Waals surface area contributed by atoms with Crippen LogP contribution >= 0.6 is 11.3 Å². The first-order valence-electron chi connectivity index (χ1n) is 18.7. The smallest absolute Gasteiger partial charge is 0.160 e. The summed E-state index contributed by atoms with van der Waals surface area (Å²) in [5, 5.41) is 11.4. The molecule has 8 aromatic carbocycles. The maximum Gasteiger partial charge on any atom is 0.160 e. The highest BCUT2D eigenvalue weighted by molar-refractivity contribution is 7.26. The average molecular weight is 717 g/mol. The van der Waals surface area contributed by atoms with Gasteiger partial charge in [-0.05, 0) is 65.4 Å². The molecule has 0 N–H and O–H groups in total. The summed E-state index contributed by atoms with van der Waals surface area (Å²) >= 11 is 1.77. The molecule has 5 aromatic heterocycles. The maximum atomic E-state index is 5.26. The summed E-state index contributed by atoms with van der Waals surface area (Å²) in [6, 6.07) is 61.5. The minimum absolute atomic E-state index is 0.730. The third kappa shape index (κ3) is 3.89. The van der Waals surface area contributed by atoms with E-state index in [1.54, 1.807) is 11.3 Å². The summed E-state index contributed by atoms with van der Waals surface area (Å²) in [6.45, 7) is 0. The van der Waals surface area contributed by atoms with Gasteiger partial charge in [0.1, 0.15) is 0 Å². The summed E-state index contributed by atoms with van der Waals surface area (Å²) in [7, 11) is 0. The topological polar surface area (TPSA) is 35.1 Å². The van der Waals surface area contributed by atoms with E-state index < -0.39 is 0 Å². The van der Waals surface area contributed by atoms with Crippen LogP contribution in [0.15, 0.2) is 170 Å². The van der Waals surface area contributed by atoms with Crippen molar-refractivity contribution in [2.24, 2.45) is 0 Å². The summed E-state index contributed by atoms with van der Waals surface area (Å²) in [4.78, 5) is 10.5. The standard InChI is InChI=1S/C50H28N4S/c1-2-13-30(14-3-1)45-49-46(36-18-8-11-21-42(36)55-49)52-50(51-45)31-22-25-32(26-23-31)53-39-19-9-6-16-34(39)37-28-38-35-17-7-10-20-40(35)54-41-27-24-29-12-4-5-15-33(29)43(41)44(47(37)53)48(38)54/h1-28H. The Morgan fingerprint density at radius 2 is 1.11 bits per heavy atom. The van der Waals surface area contributed by atoms with Crippen molar-refractivity contribution in [1.29, 1.82) is 0 Å². The number of rotatable bonds is 3. The normalized spacial score (nSPS) is 12.4. The first-order valence-corrected chi connectivity index (χ1v) is 19.5. The molecule has 0 bridgehead atoms. The molecule has 0 radical (unpaired) electrons. The van der Waals surface area contributed by atoms with Gasteiger partial charge in [0.25, 0.3) is 0 Å². The van der Waals surface area contributed by atoms with Crippen LogP contribution in [0.5, 0.6) is 0 Å². The van der Waals surface area contributed by atoms with Crippen LogP contribution in [0.25, 0.3) is 119 Å². The minimum atomic E-state index is 0.730. The second-order valence-corrected chi connectivity index (χ2v) is 15.6. The molecule has 4 nitrogen and oxygen atoms in total. The lowest BCUT2D eigenvalue weighted by Gasteiger charge is -2.11. The van der Waals surface area contributed by atoms with Gasteiger partial charge >= 0.3 is 0 Å². The Balaban J connectivity index is 1.11. The van der Waals surface area contributed by atoms with Crippen molar-refractivity contribution < 1.29 is 0 Å². The molecule has 0 aliphatic carbocycles. The van der Waals surface area contributed by atoms with Crippen molar-refractivity contribution in [3.8, 4) is 28.3 Å². The molecule has 13 aromatic rings. The highest BCUT2D eigenvalue weighted by Gasteiger charge is 2.25. The summed E-state index contributed by atoms with van der Waals surface area (Å²) in [6.07, 6.45) is 0. The van der Waals surface area contributed by atoms with Crippen molar-refractivity contribution in [3.05, 3.63) is 170 Å². The molecule has 0 saturated heterocycles. The lowest BCUT2D eigenvalue weighted by molar-refractivity contribution is 1.18. The molecule has 0 saturated carbocycles. The second kappa shape index (κ2) is 10.8. The van der Waals surface area contributed by atoms with Gasteiger partial charge in [0.05, 0.1) is 43.5 Å². The molecule has 0 spiro atoms. The second-order valence-electron chi connectivity index (χ2n) is 14.5. The number of aromatic nitrogens is 4. The van der Waals surface area contributed by atoms with Crippen molar-refractivity contribution >= 4 is 102 Å². The highest BCUT2D eigenvalue weighted by atomic mass is 32.1. The van der Waals surface area contributed by atoms with Crippen molar-refractivity contribution in [3.63, 3.8) is 0 Å². The molecule has 0 aliphatic rings. The van der Waals surface area contributed by atoms with Gasteiger partial charge in [0.2, 0.25) is 0 Å². The van der Waals surface area contributed by atoms with E-state index in [1.807, 2.05) is 0 Å². The quantitative estimate of drug-likeness (QED) is 0.182. The number of fused-ring (bicyclic) bond motifs is 15. The van der Waals surface area contributed by atoms with Crippen LogP contribution in [0.4, 0.5) is 0 Å². The summed E-state index contributed by atoms with van der Waals surface area (Å²) in [5.41, 5.74) is 11.3. The zero-order valence-electron chi connectivity index (χ0n) is 29.4. The lowest BCUT2D eigenvalue weighted by atomic mass is 9.99. The number of hydrogen-bond donors (Lipinski definition) is 0. The van der Waals surface area contributed by atoms with E-state index in [2.05, 4.69) is 179 Å². The molecular weight excluding hydrogens is 689 g/mol. The van der Waals surface area contributed by atoms with Gasteiger partial charge in [-0.15, -0.1) is 11.3 Å². The number of nitrogens with zero attached hydrogens (tertiary/aromatic N) is 4. The number of para-hydroxylation sites is 2. The molecule has 5 heterocycles. The lowest BCUT2D eigenvalue weighted by Crippen LogP contribution is -1.96. The van der Waals surface area contributed by atoms with E-state index in [9.17, 15) is 0 Å². The fraction of sp³-hybridized carbons (Fsp3) is 0. The van der Waals surface area contributed by atoms with Gasteiger partial charge in [-0.3, -0.25) is 0 Å². The SMILES string of the molecule is c1ccc(-c2nc(-c3ccc(-n4c5ccccc5c5cc6c7ccccc7n7c8ccc9ccccc9c8c(c54)c67)cc3)nc3c2sc2ccccc23)cc1. The third-order valence-electron chi connectivity index (χ3n) is 11.6. The Morgan fingerprint density at radius 3 is 1.95 bits per heavy atom. The molecule has 254 valence electrons. The summed E-state index contributed by atoms with van der Waals surface area (Å²) in [5.74, 6) is 0.730. The van der Waals surface area contributed by atoms with E-state index in [1.165, 1.54) is 80.8 Å². The number of hydrogen-bond acceptors (Lipinski definition) is 3. The number of thiophene rings is 1. The van der Waals surface area contributed by atoms with Crippen LogP contribution in [0.1, 0.15) is 0 Å². The zero-order valence-corrected chi connectivity index (χ0v) is 30.2. The monoisotopic (exact) mass is 716 g/mol.